The van der Waals surface area contributed by atoms with Gasteiger partial charge in [-0.05, 0) is 19.4 Å². The maximum absolute atomic E-state index is 12.3. The Bertz CT molecular complexity index is 481. The van der Waals surface area contributed by atoms with Crippen molar-refractivity contribution in [3.05, 3.63) is 33.7 Å². The monoisotopic (exact) mass is 235 g/mol. The molecule has 0 saturated carbocycles. The third-order valence-corrected chi connectivity index (χ3v) is 3.02. The van der Waals surface area contributed by atoms with Gasteiger partial charge in [0.15, 0.2) is 0 Å². The van der Waals surface area contributed by atoms with Gasteiger partial charge in [0.2, 0.25) is 5.56 Å². The zero-order valence-electron chi connectivity index (χ0n) is 10.1. The van der Waals surface area contributed by atoms with Crippen LogP contribution in [0.5, 0.6) is 0 Å². The van der Waals surface area contributed by atoms with E-state index in [1.54, 1.807) is 6.92 Å². The van der Waals surface area contributed by atoms with E-state index in [9.17, 15) is 9.59 Å². The number of nitrogens with one attached hydrogen (secondary N) is 2. The second-order valence-electron chi connectivity index (χ2n) is 4.50. The summed E-state index contributed by atoms with van der Waals surface area (Å²) in [5.74, 6) is -0.00731. The molecule has 0 bridgehead atoms. The van der Waals surface area contributed by atoms with Crippen molar-refractivity contribution >= 4 is 5.91 Å². The SMILES string of the molecule is Cc1cc(=O)[nH]cc1C(=O)N1CCN[C@H](C)C1. The molecule has 2 rings (SSSR count). The van der Waals surface area contributed by atoms with Crippen molar-refractivity contribution in [3.63, 3.8) is 0 Å². The topological polar surface area (TPSA) is 65.2 Å². The van der Waals surface area contributed by atoms with Crippen molar-refractivity contribution in [2.45, 2.75) is 19.9 Å². The van der Waals surface area contributed by atoms with E-state index < -0.39 is 0 Å². The first-order valence-corrected chi connectivity index (χ1v) is 5.80. The summed E-state index contributed by atoms with van der Waals surface area (Å²) in [6.07, 6.45) is 1.51. The van der Waals surface area contributed by atoms with Crippen LogP contribution in [-0.2, 0) is 0 Å². The fourth-order valence-corrected chi connectivity index (χ4v) is 2.09. The lowest BCUT2D eigenvalue weighted by atomic mass is 10.1. The fraction of sp³-hybridized carbons (Fsp3) is 0.500. The molecule has 0 aliphatic carbocycles. The van der Waals surface area contributed by atoms with E-state index in [2.05, 4.69) is 17.2 Å². The van der Waals surface area contributed by atoms with Crippen LogP contribution in [0.2, 0.25) is 0 Å². The van der Waals surface area contributed by atoms with Crippen molar-refractivity contribution in [2.24, 2.45) is 0 Å². The quantitative estimate of drug-likeness (QED) is 0.726. The number of pyridine rings is 1. The van der Waals surface area contributed by atoms with Crippen LogP contribution in [0, 0.1) is 6.92 Å². The average Bonchev–Trinajstić information content (AvgIpc) is 2.28. The fourth-order valence-electron chi connectivity index (χ4n) is 2.09. The highest BCUT2D eigenvalue weighted by Gasteiger charge is 2.22. The number of rotatable bonds is 1. The molecule has 1 aromatic rings. The minimum Gasteiger partial charge on any atom is -0.336 e. The Kier molecular flexibility index (Phi) is 3.28. The van der Waals surface area contributed by atoms with Crippen LogP contribution in [0.15, 0.2) is 17.1 Å². The van der Waals surface area contributed by atoms with E-state index in [1.807, 2.05) is 4.90 Å². The normalized spacial score (nSPS) is 20.4. The zero-order chi connectivity index (χ0) is 12.4. The molecule has 92 valence electrons. The standard InChI is InChI=1S/C12H17N3O2/c1-8-5-11(16)14-6-10(8)12(17)15-4-3-13-9(2)7-15/h5-6,9,13H,3-4,7H2,1-2H3,(H,14,16)/t9-/m1/s1. The minimum atomic E-state index is -0.173. The molecule has 1 atom stereocenters. The molecule has 0 aromatic carbocycles. The van der Waals surface area contributed by atoms with Gasteiger partial charge in [-0.15, -0.1) is 0 Å². The van der Waals surface area contributed by atoms with Gasteiger partial charge in [-0.1, -0.05) is 0 Å². The van der Waals surface area contributed by atoms with Gasteiger partial charge < -0.3 is 15.2 Å². The Morgan fingerprint density at radius 1 is 1.53 bits per heavy atom. The molecular weight excluding hydrogens is 218 g/mol. The van der Waals surface area contributed by atoms with Crippen LogP contribution in [-0.4, -0.2) is 41.5 Å². The van der Waals surface area contributed by atoms with Crippen LogP contribution in [0.25, 0.3) is 0 Å². The molecule has 1 aromatic heterocycles. The third kappa shape index (κ3) is 2.55. The van der Waals surface area contributed by atoms with Crippen molar-refractivity contribution in [3.8, 4) is 0 Å². The molecule has 5 heteroatoms. The summed E-state index contributed by atoms with van der Waals surface area (Å²) >= 11 is 0. The molecule has 17 heavy (non-hydrogen) atoms. The van der Waals surface area contributed by atoms with Gasteiger partial charge in [-0.2, -0.15) is 0 Å². The van der Waals surface area contributed by atoms with Gasteiger partial charge >= 0.3 is 0 Å². The Morgan fingerprint density at radius 3 is 2.94 bits per heavy atom. The Hall–Kier alpha value is -1.62. The molecule has 0 radical (unpaired) electrons. The number of aromatic nitrogens is 1. The van der Waals surface area contributed by atoms with Crippen molar-refractivity contribution in [2.75, 3.05) is 19.6 Å². The van der Waals surface area contributed by atoms with E-state index >= 15 is 0 Å². The maximum atomic E-state index is 12.3. The summed E-state index contributed by atoms with van der Waals surface area (Å²) in [6, 6.07) is 1.77. The van der Waals surface area contributed by atoms with E-state index in [4.69, 9.17) is 0 Å². The lowest BCUT2D eigenvalue weighted by molar-refractivity contribution is 0.0708. The molecule has 2 N–H and O–H groups in total. The number of hydrogen-bond acceptors (Lipinski definition) is 3. The molecule has 1 saturated heterocycles. The first-order valence-electron chi connectivity index (χ1n) is 5.80. The summed E-state index contributed by atoms with van der Waals surface area (Å²) in [6.45, 7) is 6.07. The molecule has 0 spiro atoms. The molecule has 2 heterocycles. The highest BCUT2D eigenvalue weighted by molar-refractivity contribution is 5.95. The number of piperazine rings is 1. The molecule has 1 fully saturated rings. The first-order chi connectivity index (χ1) is 8.08. The second kappa shape index (κ2) is 4.71. The molecule has 0 unspecified atom stereocenters. The number of aryl methyl sites for hydroxylation is 1. The third-order valence-electron chi connectivity index (χ3n) is 3.02. The summed E-state index contributed by atoms with van der Waals surface area (Å²) in [5, 5.41) is 3.29. The van der Waals surface area contributed by atoms with Crippen LogP contribution in [0.1, 0.15) is 22.8 Å². The molecule has 1 aliphatic heterocycles. The summed E-state index contributed by atoms with van der Waals surface area (Å²) in [4.78, 5) is 27.7. The predicted octanol–water partition coefficient (Wildman–Crippen LogP) is 0.117. The van der Waals surface area contributed by atoms with Crippen LogP contribution in [0.4, 0.5) is 0 Å². The highest BCUT2D eigenvalue weighted by Crippen LogP contribution is 2.09. The van der Waals surface area contributed by atoms with E-state index in [0.717, 1.165) is 12.1 Å². The Balaban J connectivity index is 2.21. The van der Waals surface area contributed by atoms with Gasteiger partial charge in [0, 0.05) is 37.9 Å². The van der Waals surface area contributed by atoms with Gasteiger partial charge in [-0.3, -0.25) is 9.59 Å². The smallest absolute Gasteiger partial charge is 0.255 e. The van der Waals surface area contributed by atoms with Crippen LogP contribution in [0.3, 0.4) is 0 Å². The highest BCUT2D eigenvalue weighted by atomic mass is 16.2. The summed E-state index contributed by atoms with van der Waals surface area (Å²) in [5.41, 5.74) is 1.14. The lowest BCUT2D eigenvalue weighted by Crippen LogP contribution is -2.51. The number of H-pyrrole nitrogens is 1. The van der Waals surface area contributed by atoms with Gasteiger partial charge in [0.05, 0.1) is 5.56 Å². The van der Waals surface area contributed by atoms with E-state index in [1.165, 1.54) is 12.3 Å². The van der Waals surface area contributed by atoms with Crippen molar-refractivity contribution in [1.82, 2.24) is 15.2 Å². The molecule has 1 amide bonds. The van der Waals surface area contributed by atoms with E-state index in [0.29, 0.717) is 24.7 Å². The summed E-state index contributed by atoms with van der Waals surface area (Å²) < 4.78 is 0. The van der Waals surface area contributed by atoms with Crippen molar-refractivity contribution in [1.29, 1.82) is 0 Å². The predicted molar refractivity (Wildman–Crippen MR) is 65.2 cm³/mol. The second-order valence-corrected chi connectivity index (χ2v) is 4.50. The Labute approximate surface area is 99.8 Å². The number of carbonyl (C=O) groups excluding carboxylic acids is 1. The number of amides is 1. The number of aromatic amines is 1. The Morgan fingerprint density at radius 2 is 2.29 bits per heavy atom. The van der Waals surface area contributed by atoms with Crippen molar-refractivity contribution < 1.29 is 4.79 Å². The first kappa shape index (κ1) is 11.9. The van der Waals surface area contributed by atoms with Gasteiger partial charge in [0.25, 0.3) is 5.91 Å². The largest absolute Gasteiger partial charge is 0.336 e. The number of nitrogens with zero attached hydrogens (tertiary/aromatic N) is 1. The van der Waals surface area contributed by atoms with Gasteiger partial charge in [0.1, 0.15) is 0 Å². The molecule has 5 nitrogen and oxygen atoms in total. The average molecular weight is 235 g/mol. The van der Waals surface area contributed by atoms with E-state index in [-0.39, 0.29) is 11.5 Å². The van der Waals surface area contributed by atoms with Crippen LogP contribution < -0.4 is 10.9 Å². The maximum Gasteiger partial charge on any atom is 0.255 e. The van der Waals surface area contributed by atoms with Gasteiger partial charge in [-0.25, -0.2) is 0 Å². The van der Waals surface area contributed by atoms with Crippen LogP contribution >= 0.6 is 0 Å². The zero-order valence-corrected chi connectivity index (χ0v) is 10.1. The lowest BCUT2D eigenvalue weighted by Gasteiger charge is -2.32. The number of carbonyl (C=O) groups is 1. The minimum absolute atomic E-state index is 0.00731. The molecular formula is C12H17N3O2. The molecule has 1 aliphatic rings. The number of hydrogen-bond donors (Lipinski definition) is 2. The summed E-state index contributed by atoms with van der Waals surface area (Å²) in [7, 11) is 0.